The number of anilines is 1. The highest BCUT2D eigenvalue weighted by molar-refractivity contribution is 5.38. The van der Waals surface area contributed by atoms with Crippen LogP contribution in [0, 0.1) is 5.92 Å². The van der Waals surface area contributed by atoms with Crippen LogP contribution >= 0.6 is 0 Å². The van der Waals surface area contributed by atoms with E-state index in [-0.39, 0.29) is 0 Å². The van der Waals surface area contributed by atoms with Gasteiger partial charge in [-0.05, 0) is 31.6 Å². The van der Waals surface area contributed by atoms with Gasteiger partial charge in [0.1, 0.15) is 5.82 Å². The van der Waals surface area contributed by atoms with Gasteiger partial charge in [-0.3, -0.25) is 4.98 Å². The second kappa shape index (κ2) is 6.73. The number of rotatable bonds is 4. The summed E-state index contributed by atoms with van der Waals surface area (Å²) >= 11 is 0. The first kappa shape index (κ1) is 14.8. The number of nitrogens with zero attached hydrogens (tertiary/aromatic N) is 3. The summed E-state index contributed by atoms with van der Waals surface area (Å²) in [7, 11) is 0. The van der Waals surface area contributed by atoms with Crippen LogP contribution in [0.1, 0.15) is 58.1 Å². The molecule has 1 aromatic rings. The van der Waals surface area contributed by atoms with Gasteiger partial charge in [0, 0.05) is 25.2 Å². The molecule has 2 aliphatic rings. The van der Waals surface area contributed by atoms with E-state index in [9.17, 15) is 0 Å². The predicted octanol–water partition coefficient (Wildman–Crippen LogP) is 3.13. The Kier molecular flexibility index (Phi) is 4.73. The number of fused-ring (bicyclic) bond motifs is 1. The number of aromatic nitrogens is 2. The van der Waals surface area contributed by atoms with Crippen LogP contribution in [0.15, 0.2) is 12.4 Å². The summed E-state index contributed by atoms with van der Waals surface area (Å²) in [6, 6.07) is 1.19. The fraction of sp³-hybridized carbons (Fsp3) is 0.765. The van der Waals surface area contributed by atoms with Crippen molar-refractivity contribution in [2.24, 2.45) is 5.92 Å². The molecule has 1 aromatic heterocycles. The molecule has 2 heterocycles. The van der Waals surface area contributed by atoms with E-state index >= 15 is 0 Å². The van der Waals surface area contributed by atoms with E-state index in [2.05, 4.69) is 29.0 Å². The zero-order valence-corrected chi connectivity index (χ0v) is 13.4. The fourth-order valence-electron chi connectivity index (χ4n) is 3.81. The van der Waals surface area contributed by atoms with Crippen molar-refractivity contribution >= 4 is 5.82 Å². The highest BCUT2D eigenvalue weighted by Crippen LogP contribution is 2.36. The van der Waals surface area contributed by atoms with E-state index in [4.69, 9.17) is 4.98 Å². The van der Waals surface area contributed by atoms with Crippen LogP contribution in [0.2, 0.25) is 0 Å². The van der Waals surface area contributed by atoms with Gasteiger partial charge in [0.25, 0.3) is 0 Å². The molecule has 0 amide bonds. The maximum absolute atomic E-state index is 4.69. The second-order valence-electron chi connectivity index (χ2n) is 6.85. The standard InChI is InChI=1S/C17H28N4/c1-13(2)18-10-15-11-20-17(12-19-15)21-9-5-7-14-6-3-4-8-16(14)21/h11-14,16,18H,3-10H2,1-2H3. The molecule has 2 atom stereocenters. The molecule has 1 saturated carbocycles. The Balaban J connectivity index is 1.67. The van der Waals surface area contributed by atoms with Gasteiger partial charge in [0.05, 0.1) is 18.1 Å². The molecule has 1 aliphatic heterocycles. The average Bonchev–Trinajstić information content (AvgIpc) is 2.53. The minimum Gasteiger partial charge on any atom is -0.352 e. The Bertz CT molecular complexity index is 441. The summed E-state index contributed by atoms with van der Waals surface area (Å²) in [5, 5.41) is 3.39. The first-order chi connectivity index (χ1) is 10.2. The van der Waals surface area contributed by atoms with Gasteiger partial charge in [-0.15, -0.1) is 0 Å². The largest absolute Gasteiger partial charge is 0.352 e. The molecule has 0 spiro atoms. The van der Waals surface area contributed by atoms with Crippen LogP contribution in [0.5, 0.6) is 0 Å². The molecule has 4 nitrogen and oxygen atoms in total. The second-order valence-corrected chi connectivity index (χ2v) is 6.85. The molecule has 116 valence electrons. The Labute approximate surface area is 128 Å². The van der Waals surface area contributed by atoms with E-state index in [1.807, 2.05) is 12.4 Å². The molecule has 0 bridgehead atoms. The van der Waals surface area contributed by atoms with Gasteiger partial charge in [-0.1, -0.05) is 26.7 Å². The van der Waals surface area contributed by atoms with Crippen LogP contribution in [0.4, 0.5) is 5.82 Å². The SMILES string of the molecule is CC(C)NCc1cnc(N2CCCC3CCCCC32)cn1. The van der Waals surface area contributed by atoms with E-state index in [1.165, 1.54) is 38.5 Å². The normalized spacial score (nSPS) is 26.0. The molecule has 0 aromatic carbocycles. The third-order valence-electron chi connectivity index (χ3n) is 4.92. The molecule has 3 rings (SSSR count). The van der Waals surface area contributed by atoms with Gasteiger partial charge in [0.15, 0.2) is 0 Å². The lowest BCUT2D eigenvalue weighted by Crippen LogP contribution is -2.47. The molecule has 1 aliphatic carbocycles. The number of hydrogen-bond acceptors (Lipinski definition) is 4. The number of hydrogen-bond donors (Lipinski definition) is 1. The molecular formula is C17H28N4. The van der Waals surface area contributed by atoms with E-state index in [0.717, 1.165) is 30.5 Å². The molecular weight excluding hydrogens is 260 g/mol. The highest BCUT2D eigenvalue weighted by atomic mass is 15.2. The van der Waals surface area contributed by atoms with Crippen molar-refractivity contribution in [1.82, 2.24) is 15.3 Å². The summed E-state index contributed by atoms with van der Waals surface area (Å²) in [5.41, 5.74) is 1.03. The van der Waals surface area contributed by atoms with Crippen LogP contribution in [0.25, 0.3) is 0 Å². The van der Waals surface area contributed by atoms with Crippen molar-refractivity contribution in [3.63, 3.8) is 0 Å². The van der Waals surface area contributed by atoms with Gasteiger partial charge in [-0.25, -0.2) is 4.98 Å². The van der Waals surface area contributed by atoms with Crippen molar-refractivity contribution in [3.05, 3.63) is 18.1 Å². The lowest BCUT2D eigenvalue weighted by molar-refractivity contribution is 0.242. The summed E-state index contributed by atoms with van der Waals surface area (Å²) in [6.45, 7) is 6.26. The first-order valence-electron chi connectivity index (χ1n) is 8.55. The van der Waals surface area contributed by atoms with Crippen molar-refractivity contribution in [1.29, 1.82) is 0 Å². The van der Waals surface area contributed by atoms with E-state index in [1.54, 1.807) is 0 Å². The molecule has 4 heteroatoms. The zero-order valence-electron chi connectivity index (χ0n) is 13.4. The van der Waals surface area contributed by atoms with Crippen LogP contribution in [-0.2, 0) is 6.54 Å². The van der Waals surface area contributed by atoms with Crippen molar-refractivity contribution < 1.29 is 0 Å². The lowest BCUT2D eigenvalue weighted by atomic mass is 9.78. The van der Waals surface area contributed by atoms with Crippen LogP contribution in [0.3, 0.4) is 0 Å². The van der Waals surface area contributed by atoms with Crippen molar-refractivity contribution in [2.75, 3.05) is 11.4 Å². The lowest BCUT2D eigenvalue weighted by Gasteiger charge is -2.44. The Morgan fingerprint density at radius 2 is 1.95 bits per heavy atom. The fourth-order valence-corrected chi connectivity index (χ4v) is 3.81. The molecule has 0 radical (unpaired) electrons. The number of nitrogens with one attached hydrogen (secondary N) is 1. The summed E-state index contributed by atoms with van der Waals surface area (Å²) < 4.78 is 0. The maximum atomic E-state index is 4.69. The Morgan fingerprint density at radius 1 is 1.14 bits per heavy atom. The summed E-state index contributed by atoms with van der Waals surface area (Å²) in [5.74, 6) is 1.97. The molecule has 2 fully saturated rings. The third kappa shape index (κ3) is 3.54. The van der Waals surface area contributed by atoms with Crippen molar-refractivity contribution in [3.8, 4) is 0 Å². The van der Waals surface area contributed by atoms with Gasteiger partial charge >= 0.3 is 0 Å². The predicted molar refractivity (Wildman–Crippen MR) is 86.3 cm³/mol. The smallest absolute Gasteiger partial charge is 0.147 e. The average molecular weight is 288 g/mol. The molecule has 1 saturated heterocycles. The van der Waals surface area contributed by atoms with Crippen LogP contribution < -0.4 is 10.2 Å². The number of piperidine rings is 1. The monoisotopic (exact) mass is 288 g/mol. The molecule has 1 N–H and O–H groups in total. The zero-order chi connectivity index (χ0) is 14.7. The highest BCUT2D eigenvalue weighted by Gasteiger charge is 2.33. The molecule has 2 unspecified atom stereocenters. The van der Waals surface area contributed by atoms with Gasteiger partial charge < -0.3 is 10.2 Å². The Morgan fingerprint density at radius 3 is 2.71 bits per heavy atom. The van der Waals surface area contributed by atoms with E-state index in [0.29, 0.717) is 12.1 Å². The summed E-state index contributed by atoms with van der Waals surface area (Å²) in [4.78, 5) is 11.8. The van der Waals surface area contributed by atoms with Gasteiger partial charge in [-0.2, -0.15) is 0 Å². The molecule has 21 heavy (non-hydrogen) atoms. The first-order valence-corrected chi connectivity index (χ1v) is 8.55. The van der Waals surface area contributed by atoms with Gasteiger partial charge in [0.2, 0.25) is 0 Å². The quantitative estimate of drug-likeness (QED) is 0.924. The Hall–Kier alpha value is -1.16. The third-order valence-corrected chi connectivity index (χ3v) is 4.92. The van der Waals surface area contributed by atoms with E-state index < -0.39 is 0 Å². The van der Waals surface area contributed by atoms with Crippen LogP contribution in [-0.4, -0.2) is 28.6 Å². The topological polar surface area (TPSA) is 41.1 Å². The minimum atomic E-state index is 0.483. The minimum absolute atomic E-state index is 0.483. The maximum Gasteiger partial charge on any atom is 0.147 e. The van der Waals surface area contributed by atoms with Crippen molar-refractivity contribution in [2.45, 2.75) is 71.0 Å². The summed E-state index contributed by atoms with van der Waals surface area (Å²) in [6.07, 6.45) is 12.2.